The van der Waals surface area contributed by atoms with E-state index in [0.29, 0.717) is 16.9 Å². The number of carbonyl (C=O) groups is 2. The molecule has 0 radical (unpaired) electrons. The van der Waals surface area contributed by atoms with Gasteiger partial charge in [0.2, 0.25) is 0 Å². The van der Waals surface area contributed by atoms with E-state index in [2.05, 4.69) is 13.8 Å². The number of hydrogen-bond acceptors (Lipinski definition) is 7. The third-order valence-electron chi connectivity index (χ3n) is 10.1. The van der Waals surface area contributed by atoms with Crippen molar-refractivity contribution in [3.63, 3.8) is 0 Å². The highest BCUT2D eigenvalue weighted by atomic mass is 32.1. The molecule has 0 aliphatic heterocycles. The fourth-order valence-corrected chi connectivity index (χ4v) is 8.86. The molecular weight excluding hydrogens is 500 g/mol. The summed E-state index contributed by atoms with van der Waals surface area (Å²) in [6.45, 7) is 7.51. The van der Waals surface area contributed by atoms with Gasteiger partial charge in [-0.2, -0.15) is 0 Å². The van der Waals surface area contributed by atoms with E-state index in [-0.39, 0.29) is 34.5 Å². The van der Waals surface area contributed by atoms with Crippen molar-refractivity contribution in [1.82, 2.24) is 0 Å². The Kier molecular flexibility index (Phi) is 5.72. The van der Waals surface area contributed by atoms with Gasteiger partial charge in [0.15, 0.2) is 17.5 Å². The average Bonchev–Trinajstić information content (AvgIpc) is 3.20. The zero-order chi connectivity index (χ0) is 27.2. The van der Waals surface area contributed by atoms with E-state index >= 15 is 0 Å². The zero-order valence-corrected chi connectivity index (χ0v) is 22.9. The second-order valence-electron chi connectivity index (χ2n) is 12.2. The molecule has 7 heteroatoms. The van der Waals surface area contributed by atoms with Crippen LogP contribution in [0, 0.1) is 34.5 Å². The van der Waals surface area contributed by atoms with Crippen molar-refractivity contribution in [1.29, 1.82) is 0 Å². The number of esters is 1. The summed E-state index contributed by atoms with van der Waals surface area (Å²) in [5, 5.41) is 36.3. The Morgan fingerprint density at radius 2 is 1.89 bits per heavy atom. The standard InChI is InChI=1S/C31H34O6S/c1-16-14-30-17(2)12-22-23(29(22,3)4)21(26(30)34)13-19(15-32)25(33)31(30,36)27(16)37-28(35)24-20(10-11-38-24)18-8-6-5-7-9-18/h5-11,13-14,17,21-23,25,27,32-33,36H,12,15H2,1-4H3/t17-,21+,22-,23+,25-,27+,30+,31+/m1/s1. The lowest BCUT2D eigenvalue weighted by molar-refractivity contribution is -0.190. The number of thiophene rings is 1. The minimum absolute atomic E-state index is 0.0447. The molecule has 1 aromatic carbocycles. The number of carbonyl (C=O) groups excluding carboxylic acids is 2. The molecule has 1 heterocycles. The number of ketones is 1. The highest BCUT2D eigenvalue weighted by molar-refractivity contribution is 7.12. The minimum Gasteiger partial charge on any atom is -0.450 e. The Balaban J connectivity index is 1.44. The Labute approximate surface area is 226 Å². The summed E-state index contributed by atoms with van der Waals surface area (Å²) in [6, 6.07) is 11.4. The summed E-state index contributed by atoms with van der Waals surface area (Å²) in [6.07, 6.45) is 1.32. The van der Waals surface area contributed by atoms with Crippen LogP contribution in [0.2, 0.25) is 0 Å². The van der Waals surface area contributed by atoms with Crippen LogP contribution < -0.4 is 0 Å². The van der Waals surface area contributed by atoms with Crippen molar-refractivity contribution < 1.29 is 29.6 Å². The van der Waals surface area contributed by atoms with Gasteiger partial charge in [-0.05, 0) is 64.7 Å². The molecule has 2 bridgehead atoms. The molecule has 6 nitrogen and oxygen atoms in total. The van der Waals surface area contributed by atoms with Gasteiger partial charge in [0, 0.05) is 11.5 Å². The average molecular weight is 535 g/mol. The fourth-order valence-electron chi connectivity index (χ4n) is 8.07. The number of hydrogen-bond donors (Lipinski definition) is 3. The van der Waals surface area contributed by atoms with E-state index in [1.165, 1.54) is 11.3 Å². The van der Waals surface area contributed by atoms with E-state index in [9.17, 15) is 24.9 Å². The first kappa shape index (κ1) is 25.7. The normalized spacial score (nSPS) is 38.8. The van der Waals surface area contributed by atoms with Gasteiger partial charge in [0.1, 0.15) is 11.0 Å². The molecule has 0 saturated heterocycles. The molecule has 8 atom stereocenters. The lowest BCUT2D eigenvalue weighted by Crippen LogP contribution is -2.65. The SMILES string of the molecule is CC1=C[C@]23C(=O)[C@@H](C=C(CO)[C@@H](O)[C@]2(O)[C@H]1OC(=O)c1sccc1-c1ccccc1)[C@H]1[C@@H](C[C@H]3C)C1(C)C. The Bertz CT molecular complexity index is 1370. The minimum atomic E-state index is -2.14. The monoisotopic (exact) mass is 534 g/mol. The van der Waals surface area contributed by atoms with Gasteiger partial charge in [-0.1, -0.05) is 63.3 Å². The number of aliphatic hydroxyl groups excluding tert-OH is 2. The molecule has 2 saturated carbocycles. The quantitative estimate of drug-likeness (QED) is 0.397. The van der Waals surface area contributed by atoms with Gasteiger partial charge in [-0.25, -0.2) is 4.79 Å². The molecule has 0 unspecified atom stereocenters. The summed E-state index contributed by atoms with van der Waals surface area (Å²) in [5.74, 6) is -1.26. The van der Waals surface area contributed by atoms with Crippen LogP contribution in [0.3, 0.4) is 0 Å². The van der Waals surface area contributed by atoms with Crippen molar-refractivity contribution in [3.05, 3.63) is 70.0 Å². The van der Waals surface area contributed by atoms with E-state index in [0.717, 1.165) is 11.1 Å². The Morgan fingerprint density at radius 1 is 1.18 bits per heavy atom. The molecule has 4 aliphatic rings. The van der Waals surface area contributed by atoms with Crippen LogP contribution >= 0.6 is 11.3 Å². The van der Waals surface area contributed by atoms with Crippen molar-refractivity contribution >= 4 is 23.1 Å². The summed E-state index contributed by atoms with van der Waals surface area (Å²) in [4.78, 5) is 28.5. The maximum absolute atomic E-state index is 14.5. The van der Waals surface area contributed by atoms with Gasteiger partial charge in [-0.3, -0.25) is 4.79 Å². The van der Waals surface area contributed by atoms with Crippen LogP contribution in [0.15, 0.2) is 65.1 Å². The molecule has 1 aromatic heterocycles. The molecule has 2 fully saturated rings. The summed E-state index contributed by atoms with van der Waals surface area (Å²) in [7, 11) is 0. The van der Waals surface area contributed by atoms with E-state index in [1.54, 1.807) is 19.1 Å². The first-order valence-corrected chi connectivity index (χ1v) is 14.2. The van der Waals surface area contributed by atoms with E-state index in [4.69, 9.17) is 4.74 Å². The van der Waals surface area contributed by atoms with Crippen molar-refractivity contribution in [2.75, 3.05) is 6.61 Å². The topological polar surface area (TPSA) is 104 Å². The maximum Gasteiger partial charge on any atom is 0.349 e. The largest absolute Gasteiger partial charge is 0.450 e. The Hall–Kier alpha value is -2.58. The van der Waals surface area contributed by atoms with E-state index < -0.39 is 41.7 Å². The molecule has 0 amide bonds. The molecular formula is C31H34O6S. The summed E-state index contributed by atoms with van der Waals surface area (Å²) in [5.41, 5.74) is -1.30. The van der Waals surface area contributed by atoms with Crippen LogP contribution in [-0.2, 0) is 9.53 Å². The zero-order valence-electron chi connectivity index (χ0n) is 22.0. The van der Waals surface area contributed by atoms with Crippen molar-refractivity contribution in [2.45, 2.75) is 51.9 Å². The van der Waals surface area contributed by atoms with Gasteiger partial charge >= 0.3 is 5.97 Å². The summed E-state index contributed by atoms with van der Waals surface area (Å²) >= 11 is 1.25. The molecule has 2 aromatic rings. The number of Topliss-reactive ketones (excluding diaryl/α,β-unsaturated/α-hetero) is 1. The predicted molar refractivity (Wildman–Crippen MR) is 144 cm³/mol. The van der Waals surface area contributed by atoms with Crippen LogP contribution in [0.25, 0.3) is 11.1 Å². The number of benzene rings is 1. The third kappa shape index (κ3) is 3.16. The first-order valence-electron chi connectivity index (χ1n) is 13.3. The second kappa shape index (κ2) is 8.46. The predicted octanol–water partition coefficient (Wildman–Crippen LogP) is 4.41. The molecule has 1 spiro atoms. The summed E-state index contributed by atoms with van der Waals surface area (Å²) < 4.78 is 6.06. The van der Waals surface area contributed by atoms with Crippen molar-refractivity contribution in [2.24, 2.45) is 34.5 Å². The van der Waals surface area contributed by atoms with Crippen LogP contribution in [0.4, 0.5) is 0 Å². The lowest BCUT2D eigenvalue weighted by atomic mass is 9.59. The van der Waals surface area contributed by atoms with Gasteiger partial charge in [0.05, 0.1) is 12.0 Å². The van der Waals surface area contributed by atoms with Gasteiger partial charge in [0.25, 0.3) is 0 Å². The number of aliphatic hydroxyl groups is 3. The number of allylic oxidation sites excluding steroid dienone is 1. The smallest absolute Gasteiger partial charge is 0.349 e. The maximum atomic E-state index is 14.5. The molecule has 3 N–H and O–H groups in total. The van der Waals surface area contributed by atoms with Gasteiger partial charge in [-0.15, -0.1) is 11.3 Å². The van der Waals surface area contributed by atoms with Crippen LogP contribution in [0.1, 0.15) is 43.8 Å². The number of ether oxygens (including phenoxy) is 1. The second-order valence-corrected chi connectivity index (χ2v) is 13.1. The Morgan fingerprint density at radius 3 is 2.58 bits per heavy atom. The van der Waals surface area contributed by atoms with E-state index in [1.807, 2.05) is 48.7 Å². The molecule has 38 heavy (non-hydrogen) atoms. The molecule has 6 rings (SSSR count). The highest BCUT2D eigenvalue weighted by Gasteiger charge is 2.76. The fraction of sp³-hybridized carbons (Fsp3) is 0.484. The molecule has 200 valence electrons. The number of rotatable bonds is 4. The lowest BCUT2D eigenvalue weighted by Gasteiger charge is -2.48. The third-order valence-corrected chi connectivity index (χ3v) is 11.0. The molecule has 4 aliphatic carbocycles. The first-order chi connectivity index (χ1) is 18.0. The van der Waals surface area contributed by atoms with Crippen molar-refractivity contribution in [3.8, 4) is 11.1 Å². The van der Waals surface area contributed by atoms with Crippen LogP contribution in [0.5, 0.6) is 0 Å². The van der Waals surface area contributed by atoms with Gasteiger partial charge < -0.3 is 20.1 Å². The number of fused-ring (bicyclic) bond motifs is 3. The van der Waals surface area contributed by atoms with Crippen LogP contribution in [-0.4, -0.2) is 51.5 Å². The highest BCUT2D eigenvalue weighted by Crippen LogP contribution is 2.71.